The van der Waals surface area contributed by atoms with Gasteiger partial charge in [-0.2, -0.15) is 0 Å². The first-order valence-electron chi connectivity index (χ1n) is 10.6. The standard InChI is InChI=1S/C22H31ClN2O5/c1-22(2,3)30-21(27)24-14-16-7-4-5-8-25(16)19(26)13-15-11-17(23)20-18(12-15)28-9-6-10-29-20/h11-12,16H,4-10,13-14H2,1-3H3,(H,24,27). The average molecular weight is 439 g/mol. The van der Waals surface area contributed by atoms with Crippen LogP contribution in [0.4, 0.5) is 4.79 Å². The lowest BCUT2D eigenvalue weighted by atomic mass is 10.0. The normalized spacial score (nSPS) is 19.1. The number of fused-ring (bicyclic) bond motifs is 1. The SMILES string of the molecule is CC(C)(C)OC(=O)NCC1CCCCN1C(=O)Cc1cc(Cl)c2c(c1)OCCCO2. The summed E-state index contributed by atoms with van der Waals surface area (Å²) in [6, 6.07) is 3.56. The highest BCUT2D eigenvalue weighted by Crippen LogP contribution is 2.38. The molecule has 0 aliphatic carbocycles. The molecule has 1 N–H and O–H groups in total. The van der Waals surface area contributed by atoms with Crippen LogP contribution in [0.25, 0.3) is 0 Å². The third-order valence-electron chi connectivity index (χ3n) is 5.05. The largest absolute Gasteiger partial charge is 0.489 e. The summed E-state index contributed by atoms with van der Waals surface area (Å²) in [5.74, 6) is 1.14. The van der Waals surface area contributed by atoms with Gasteiger partial charge < -0.3 is 24.4 Å². The summed E-state index contributed by atoms with van der Waals surface area (Å²) >= 11 is 6.36. The monoisotopic (exact) mass is 438 g/mol. The summed E-state index contributed by atoms with van der Waals surface area (Å²) in [5, 5.41) is 3.26. The average Bonchev–Trinajstić information content (AvgIpc) is 2.91. The molecule has 2 amide bonds. The zero-order valence-corrected chi connectivity index (χ0v) is 18.7. The molecule has 1 fully saturated rings. The van der Waals surface area contributed by atoms with Crippen molar-refractivity contribution in [2.45, 2.75) is 64.5 Å². The predicted molar refractivity (Wildman–Crippen MR) is 114 cm³/mol. The minimum Gasteiger partial charge on any atom is -0.489 e. The number of alkyl carbamates (subject to hydrolysis) is 1. The predicted octanol–water partition coefficient (Wildman–Crippen LogP) is 3.95. The number of hydrogen-bond acceptors (Lipinski definition) is 5. The molecule has 2 aliphatic rings. The van der Waals surface area contributed by atoms with Crippen LogP contribution in [0.3, 0.4) is 0 Å². The smallest absolute Gasteiger partial charge is 0.407 e. The van der Waals surface area contributed by atoms with E-state index in [2.05, 4.69) is 5.32 Å². The third kappa shape index (κ3) is 6.17. The number of benzene rings is 1. The summed E-state index contributed by atoms with van der Waals surface area (Å²) < 4.78 is 16.7. The van der Waals surface area contributed by atoms with Gasteiger partial charge in [0.05, 0.1) is 24.7 Å². The van der Waals surface area contributed by atoms with Crippen molar-refractivity contribution < 1.29 is 23.8 Å². The van der Waals surface area contributed by atoms with Crippen LogP contribution in [-0.4, -0.2) is 54.8 Å². The first kappa shape index (κ1) is 22.5. The van der Waals surface area contributed by atoms with Crippen LogP contribution in [0.15, 0.2) is 12.1 Å². The number of nitrogens with one attached hydrogen (secondary N) is 1. The Kier molecular flexibility index (Phi) is 7.34. The zero-order valence-electron chi connectivity index (χ0n) is 18.0. The number of carbonyl (C=O) groups is 2. The van der Waals surface area contributed by atoms with E-state index >= 15 is 0 Å². The van der Waals surface area contributed by atoms with Crippen LogP contribution in [0.2, 0.25) is 5.02 Å². The number of hydrogen-bond donors (Lipinski definition) is 1. The fourth-order valence-electron chi connectivity index (χ4n) is 3.72. The zero-order chi connectivity index (χ0) is 21.7. The topological polar surface area (TPSA) is 77.1 Å². The van der Waals surface area contributed by atoms with Crippen LogP contribution in [0, 0.1) is 0 Å². The maximum absolute atomic E-state index is 13.1. The molecule has 8 heteroatoms. The van der Waals surface area contributed by atoms with E-state index < -0.39 is 11.7 Å². The first-order chi connectivity index (χ1) is 14.2. The van der Waals surface area contributed by atoms with Crippen LogP contribution in [0.5, 0.6) is 11.5 Å². The maximum atomic E-state index is 13.1. The molecule has 0 bridgehead atoms. The van der Waals surface area contributed by atoms with Gasteiger partial charge in [-0.05, 0) is 57.7 Å². The highest BCUT2D eigenvalue weighted by atomic mass is 35.5. The van der Waals surface area contributed by atoms with Crippen LogP contribution in [-0.2, 0) is 16.0 Å². The minimum absolute atomic E-state index is 0.0104. The fourth-order valence-corrected chi connectivity index (χ4v) is 4.01. The molecule has 3 rings (SSSR count). The molecule has 1 aromatic rings. The van der Waals surface area contributed by atoms with Gasteiger partial charge in [-0.3, -0.25) is 4.79 Å². The van der Waals surface area contributed by atoms with Crippen molar-refractivity contribution in [3.05, 3.63) is 22.7 Å². The summed E-state index contributed by atoms with van der Waals surface area (Å²) in [6.45, 7) is 7.65. The summed E-state index contributed by atoms with van der Waals surface area (Å²) in [7, 11) is 0. The Morgan fingerprint density at radius 1 is 1.20 bits per heavy atom. The van der Waals surface area contributed by atoms with E-state index in [4.69, 9.17) is 25.8 Å². The summed E-state index contributed by atoms with van der Waals surface area (Å²) in [5.41, 5.74) is 0.237. The van der Waals surface area contributed by atoms with E-state index in [-0.39, 0.29) is 18.4 Å². The molecule has 2 aliphatic heterocycles. The second kappa shape index (κ2) is 9.77. The van der Waals surface area contributed by atoms with E-state index in [1.807, 2.05) is 31.7 Å². The Morgan fingerprint density at radius 2 is 1.97 bits per heavy atom. The van der Waals surface area contributed by atoms with Crippen LogP contribution in [0.1, 0.15) is 52.0 Å². The van der Waals surface area contributed by atoms with Gasteiger partial charge in [0.1, 0.15) is 5.60 Å². The van der Waals surface area contributed by atoms with Crippen molar-refractivity contribution >= 4 is 23.6 Å². The first-order valence-corrected chi connectivity index (χ1v) is 10.9. The molecule has 0 saturated carbocycles. The number of rotatable bonds is 4. The van der Waals surface area contributed by atoms with E-state index in [0.717, 1.165) is 31.2 Å². The Labute approximate surface area is 183 Å². The van der Waals surface area contributed by atoms with Gasteiger partial charge in [0.15, 0.2) is 11.5 Å². The molecular formula is C22H31ClN2O5. The second-order valence-electron chi connectivity index (χ2n) is 8.75. The van der Waals surface area contributed by atoms with Crippen molar-refractivity contribution in [3.8, 4) is 11.5 Å². The number of amides is 2. The summed E-state index contributed by atoms with van der Waals surface area (Å²) in [4.78, 5) is 26.9. The molecule has 1 saturated heterocycles. The number of carbonyl (C=O) groups excluding carboxylic acids is 2. The highest BCUT2D eigenvalue weighted by molar-refractivity contribution is 6.32. The van der Waals surface area contributed by atoms with Gasteiger partial charge in [-0.25, -0.2) is 4.79 Å². The molecule has 1 unspecified atom stereocenters. The van der Waals surface area contributed by atoms with Gasteiger partial charge in [0.25, 0.3) is 0 Å². The van der Waals surface area contributed by atoms with Crippen molar-refractivity contribution in [1.29, 1.82) is 0 Å². The molecule has 2 heterocycles. The third-order valence-corrected chi connectivity index (χ3v) is 5.33. The Bertz CT molecular complexity index is 778. The van der Waals surface area contributed by atoms with Gasteiger partial charge in [0, 0.05) is 25.6 Å². The van der Waals surface area contributed by atoms with E-state index in [1.165, 1.54) is 0 Å². The highest BCUT2D eigenvalue weighted by Gasteiger charge is 2.28. The maximum Gasteiger partial charge on any atom is 0.407 e. The fraction of sp³-hybridized carbons (Fsp3) is 0.636. The lowest BCUT2D eigenvalue weighted by Gasteiger charge is -2.36. The number of piperidine rings is 1. The van der Waals surface area contributed by atoms with Crippen molar-refractivity contribution in [3.63, 3.8) is 0 Å². The molecular weight excluding hydrogens is 408 g/mol. The molecule has 1 aromatic carbocycles. The van der Waals surface area contributed by atoms with E-state index in [1.54, 1.807) is 6.07 Å². The molecule has 0 radical (unpaired) electrons. The molecule has 0 spiro atoms. The number of likely N-dealkylation sites (tertiary alicyclic amines) is 1. The van der Waals surface area contributed by atoms with Gasteiger partial charge in [-0.15, -0.1) is 0 Å². The van der Waals surface area contributed by atoms with E-state index in [0.29, 0.717) is 42.8 Å². The second-order valence-corrected chi connectivity index (χ2v) is 9.16. The van der Waals surface area contributed by atoms with E-state index in [9.17, 15) is 9.59 Å². The molecule has 0 aromatic heterocycles. The van der Waals surface area contributed by atoms with Crippen molar-refractivity contribution in [2.24, 2.45) is 0 Å². The summed E-state index contributed by atoms with van der Waals surface area (Å²) in [6.07, 6.45) is 3.38. The Hall–Kier alpha value is -2.15. The van der Waals surface area contributed by atoms with Gasteiger partial charge in [-0.1, -0.05) is 11.6 Å². The van der Waals surface area contributed by atoms with Crippen molar-refractivity contribution in [2.75, 3.05) is 26.3 Å². The van der Waals surface area contributed by atoms with Crippen LogP contribution >= 0.6 is 11.6 Å². The van der Waals surface area contributed by atoms with Crippen molar-refractivity contribution in [1.82, 2.24) is 10.2 Å². The quantitative estimate of drug-likeness (QED) is 0.770. The minimum atomic E-state index is -0.553. The molecule has 166 valence electrons. The molecule has 30 heavy (non-hydrogen) atoms. The van der Waals surface area contributed by atoms with Crippen LogP contribution < -0.4 is 14.8 Å². The Balaban J connectivity index is 1.63. The Morgan fingerprint density at radius 3 is 2.73 bits per heavy atom. The van der Waals surface area contributed by atoms with Gasteiger partial charge >= 0.3 is 6.09 Å². The lowest BCUT2D eigenvalue weighted by Crippen LogP contribution is -2.50. The lowest BCUT2D eigenvalue weighted by molar-refractivity contribution is -0.134. The van der Waals surface area contributed by atoms with Gasteiger partial charge in [0.2, 0.25) is 5.91 Å². The number of nitrogens with zero attached hydrogens (tertiary/aromatic N) is 1. The number of halogens is 1. The number of ether oxygens (including phenoxy) is 3. The molecule has 1 atom stereocenters. The molecule has 7 nitrogen and oxygen atoms in total.